The van der Waals surface area contributed by atoms with Crippen LogP contribution >= 0.6 is 0 Å². The Morgan fingerprint density at radius 2 is 2.05 bits per heavy atom. The normalized spacial score (nSPS) is 15.3. The molecule has 0 unspecified atom stereocenters. The zero-order valence-electron chi connectivity index (χ0n) is 11.5. The van der Waals surface area contributed by atoms with E-state index in [1.807, 2.05) is 6.07 Å². The van der Waals surface area contributed by atoms with Crippen molar-refractivity contribution in [3.63, 3.8) is 0 Å². The highest BCUT2D eigenvalue weighted by atomic mass is 16.4. The Morgan fingerprint density at radius 3 is 2.75 bits per heavy atom. The minimum absolute atomic E-state index is 0.0347. The standard InChI is InChI=1S/C15H16N2O3/c1-16-8-4-7-10-9-5-3-6-11(15(19)20)12(9)17(2)13(10)14(16)18/h3,5-6H,4,7-8H2,1-2H3,(H,19,20). The molecule has 0 saturated carbocycles. The average molecular weight is 272 g/mol. The van der Waals surface area contributed by atoms with Crippen LogP contribution in [0.15, 0.2) is 18.2 Å². The summed E-state index contributed by atoms with van der Waals surface area (Å²) in [5.74, 6) is -1.00. The van der Waals surface area contributed by atoms with Crippen molar-refractivity contribution in [3.8, 4) is 0 Å². The van der Waals surface area contributed by atoms with E-state index in [4.69, 9.17) is 0 Å². The molecule has 20 heavy (non-hydrogen) atoms. The molecule has 1 aliphatic rings. The molecule has 5 heteroatoms. The van der Waals surface area contributed by atoms with Gasteiger partial charge in [-0.15, -0.1) is 0 Å². The van der Waals surface area contributed by atoms with E-state index < -0.39 is 5.97 Å². The summed E-state index contributed by atoms with van der Waals surface area (Å²) in [6.07, 6.45) is 1.69. The van der Waals surface area contributed by atoms with Gasteiger partial charge in [-0.2, -0.15) is 0 Å². The third-order valence-corrected chi connectivity index (χ3v) is 4.02. The Hall–Kier alpha value is -2.30. The summed E-state index contributed by atoms with van der Waals surface area (Å²) in [5, 5.41) is 10.2. The average Bonchev–Trinajstić information content (AvgIpc) is 2.61. The van der Waals surface area contributed by atoms with Crippen molar-refractivity contribution in [2.24, 2.45) is 7.05 Å². The SMILES string of the molecule is CN1CCCc2c(n(C)c3c(C(=O)O)cccc23)C1=O. The third-order valence-electron chi connectivity index (χ3n) is 4.02. The van der Waals surface area contributed by atoms with Crippen molar-refractivity contribution in [2.75, 3.05) is 13.6 Å². The van der Waals surface area contributed by atoms with Gasteiger partial charge in [0.25, 0.3) is 5.91 Å². The topological polar surface area (TPSA) is 62.5 Å². The van der Waals surface area contributed by atoms with Gasteiger partial charge in [-0.1, -0.05) is 12.1 Å². The molecule has 1 N–H and O–H groups in total. The molecule has 0 spiro atoms. The molecule has 1 amide bonds. The van der Waals surface area contributed by atoms with Crippen LogP contribution in [0.1, 0.15) is 32.8 Å². The minimum Gasteiger partial charge on any atom is -0.478 e. The van der Waals surface area contributed by atoms with E-state index in [2.05, 4.69) is 0 Å². The number of hydrogen-bond donors (Lipinski definition) is 1. The van der Waals surface area contributed by atoms with E-state index >= 15 is 0 Å². The maximum Gasteiger partial charge on any atom is 0.337 e. The predicted molar refractivity (Wildman–Crippen MR) is 75.2 cm³/mol. The van der Waals surface area contributed by atoms with E-state index in [1.54, 1.807) is 35.7 Å². The summed E-state index contributed by atoms with van der Waals surface area (Å²) in [5.41, 5.74) is 2.47. The zero-order chi connectivity index (χ0) is 14.4. The summed E-state index contributed by atoms with van der Waals surface area (Å²) in [4.78, 5) is 25.6. The molecular formula is C15H16N2O3. The second kappa shape index (κ2) is 4.37. The largest absolute Gasteiger partial charge is 0.478 e. The van der Waals surface area contributed by atoms with Crippen molar-refractivity contribution < 1.29 is 14.7 Å². The first-order valence-electron chi connectivity index (χ1n) is 6.61. The first-order chi connectivity index (χ1) is 9.52. The van der Waals surface area contributed by atoms with Crippen molar-refractivity contribution >= 4 is 22.8 Å². The Labute approximate surface area is 116 Å². The molecule has 0 saturated heterocycles. The van der Waals surface area contributed by atoms with Crippen molar-refractivity contribution in [3.05, 3.63) is 35.0 Å². The number of rotatable bonds is 1. The fourth-order valence-electron chi connectivity index (χ4n) is 3.06. The van der Waals surface area contributed by atoms with E-state index in [9.17, 15) is 14.7 Å². The number of carbonyl (C=O) groups excluding carboxylic acids is 1. The minimum atomic E-state index is -0.966. The fourth-order valence-corrected chi connectivity index (χ4v) is 3.06. The number of benzene rings is 1. The van der Waals surface area contributed by atoms with Crippen LogP contribution in [0.25, 0.3) is 10.9 Å². The van der Waals surface area contributed by atoms with Crippen molar-refractivity contribution in [1.82, 2.24) is 9.47 Å². The Balaban J connectivity index is 2.40. The molecule has 0 aliphatic carbocycles. The number of fused-ring (bicyclic) bond motifs is 3. The lowest BCUT2D eigenvalue weighted by molar-refractivity contribution is 0.0697. The number of carboxylic acid groups (broad SMARTS) is 1. The summed E-state index contributed by atoms with van der Waals surface area (Å²) in [6.45, 7) is 0.730. The lowest BCUT2D eigenvalue weighted by Gasteiger charge is -2.15. The number of nitrogens with zero attached hydrogens (tertiary/aromatic N) is 2. The molecule has 0 atom stereocenters. The first-order valence-corrected chi connectivity index (χ1v) is 6.61. The summed E-state index contributed by atoms with van der Waals surface area (Å²) >= 11 is 0. The quantitative estimate of drug-likeness (QED) is 0.862. The van der Waals surface area contributed by atoms with Gasteiger partial charge in [-0.3, -0.25) is 4.79 Å². The van der Waals surface area contributed by atoms with Gasteiger partial charge < -0.3 is 14.6 Å². The zero-order valence-corrected chi connectivity index (χ0v) is 11.5. The Bertz CT molecular complexity index is 730. The van der Waals surface area contributed by atoms with Crippen molar-refractivity contribution in [2.45, 2.75) is 12.8 Å². The molecular weight excluding hydrogens is 256 g/mol. The second-order valence-corrected chi connectivity index (χ2v) is 5.22. The monoisotopic (exact) mass is 272 g/mol. The van der Waals surface area contributed by atoms with Crippen LogP contribution in [0.3, 0.4) is 0 Å². The van der Waals surface area contributed by atoms with E-state index in [1.165, 1.54) is 0 Å². The van der Waals surface area contributed by atoms with Crippen LogP contribution in [-0.2, 0) is 13.5 Å². The van der Waals surface area contributed by atoms with E-state index in [-0.39, 0.29) is 11.5 Å². The van der Waals surface area contributed by atoms with Crippen LogP contribution in [0, 0.1) is 0 Å². The van der Waals surface area contributed by atoms with Crippen LogP contribution in [0.4, 0.5) is 0 Å². The number of para-hydroxylation sites is 1. The predicted octanol–water partition coefficient (Wildman–Crippen LogP) is 1.89. The summed E-state index contributed by atoms with van der Waals surface area (Å²) in [7, 11) is 3.55. The highest BCUT2D eigenvalue weighted by molar-refractivity contribution is 6.08. The van der Waals surface area contributed by atoms with Gasteiger partial charge in [0.15, 0.2) is 0 Å². The van der Waals surface area contributed by atoms with Gasteiger partial charge in [0, 0.05) is 26.0 Å². The fraction of sp³-hybridized carbons (Fsp3) is 0.333. The number of aromatic nitrogens is 1. The number of aromatic carboxylic acids is 1. The van der Waals surface area contributed by atoms with Gasteiger partial charge in [0.05, 0.1) is 11.1 Å². The second-order valence-electron chi connectivity index (χ2n) is 5.22. The number of amides is 1. The number of carboxylic acids is 1. The van der Waals surface area contributed by atoms with Gasteiger partial charge in [-0.25, -0.2) is 4.79 Å². The van der Waals surface area contributed by atoms with Gasteiger partial charge in [-0.05, 0) is 24.5 Å². The lowest BCUT2D eigenvalue weighted by Crippen LogP contribution is -2.28. The van der Waals surface area contributed by atoms with Crippen molar-refractivity contribution in [1.29, 1.82) is 0 Å². The summed E-state index contributed by atoms with van der Waals surface area (Å²) < 4.78 is 1.73. The van der Waals surface area contributed by atoms with Crippen LogP contribution in [0.2, 0.25) is 0 Å². The lowest BCUT2D eigenvalue weighted by atomic mass is 10.0. The van der Waals surface area contributed by atoms with Crippen LogP contribution < -0.4 is 0 Å². The molecule has 0 radical (unpaired) electrons. The number of aryl methyl sites for hydroxylation is 2. The van der Waals surface area contributed by atoms with Crippen LogP contribution in [0.5, 0.6) is 0 Å². The molecule has 1 aromatic heterocycles. The molecule has 0 fully saturated rings. The summed E-state index contributed by atoms with van der Waals surface area (Å²) in [6, 6.07) is 5.22. The Kier molecular flexibility index (Phi) is 2.78. The first kappa shape index (κ1) is 12.7. The molecule has 0 bridgehead atoms. The van der Waals surface area contributed by atoms with E-state index in [0.717, 1.165) is 30.3 Å². The molecule has 3 rings (SSSR count). The number of carbonyl (C=O) groups is 2. The van der Waals surface area contributed by atoms with Gasteiger partial charge in [0.1, 0.15) is 5.69 Å². The van der Waals surface area contributed by atoms with Gasteiger partial charge >= 0.3 is 5.97 Å². The molecule has 2 aromatic rings. The molecule has 5 nitrogen and oxygen atoms in total. The maximum atomic E-state index is 12.5. The maximum absolute atomic E-state index is 12.5. The highest BCUT2D eigenvalue weighted by Crippen LogP contribution is 2.31. The van der Waals surface area contributed by atoms with E-state index in [0.29, 0.717) is 11.2 Å². The molecule has 104 valence electrons. The molecule has 1 aromatic carbocycles. The molecule has 2 heterocycles. The number of hydrogen-bond acceptors (Lipinski definition) is 2. The van der Waals surface area contributed by atoms with Crippen LogP contribution in [-0.4, -0.2) is 40.0 Å². The van der Waals surface area contributed by atoms with Gasteiger partial charge in [0.2, 0.25) is 0 Å². The third kappa shape index (κ3) is 1.62. The molecule has 1 aliphatic heterocycles. The smallest absolute Gasteiger partial charge is 0.337 e. The Morgan fingerprint density at radius 1 is 1.30 bits per heavy atom. The highest BCUT2D eigenvalue weighted by Gasteiger charge is 2.27.